The van der Waals surface area contributed by atoms with E-state index in [1.807, 2.05) is 24.3 Å². The molecule has 0 aliphatic carbocycles. The second kappa shape index (κ2) is 9.71. The first-order valence-corrected chi connectivity index (χ1v) is 7.78. The fourth-order valence-corrected chi connectivity index (χ4v) is 2.25. The number of hydrogen-bond acceptors (Lipinski definition) is 2. The van der Waals surface area contributed by atoms with Crippen molar-refractivity contribution in [3.8, 4) is 5.75 Å². The summed E-state index contributed by atoms with van der Waals surface area (Å²) in [7, 11) is 0. The Morgan fingerprint density at radius 2 is 1.42 bits per heavy atom. The normalized spacial score (nSPS) is 10.9. The Bertz CT molecular complexity index is 311. The lowest BCUT2D eigenvalue weighted by molar-refractivity contribution is 0.173. The van der Waals surface area contributed by atoms with Crippen molar-refractivity contribution in [2.45, 2.75) is 71.3 Å². The lowest BCUT2D eigenvalue weighted by Crippen LogP contribution is -2.16. The van der Waals surface area contributed by atoms with Crippen LogP contribution in [0.3, 0.4) is 0 Å². The van der Waals surface area contributed by atoms with Crippen LogP contribution in [0.2, 0.25) is 0 Å². The molecule has 0 fully saturated rings. The lowest BCUT2D eigenvalue weighted by Gasteiger charge is -2.19. The molecule has 1 rings (SSSR count). The zero-order chi connectivity index (χ0) is 13.9. The molecule has 0 spiro atoms. The first-order chi connectivity index (χ1) is 9.26. The third kappa shape index (κ3) is 7.09. The summed E-state index contributed by atoms with van der Waals surface area (Å²) in [5.74, 6) is 0.951. The summed E-state index contributed by atoms with van der Waals surface area (Å²) < 4.78 is 6.11. The van der Waals surface area contributed by atoms with Crippen molar-refractivity contribution in [2.24, 2.45) is 0 Å². The molecule has 0 amide bonds. The molecule has 0 saturated heterocycles. The fraction of sp³-hybridized carbons (Fsp3) is 0.647. The monoisotopic (exact) mass is 263 g/mol. The Balaban J connectivity index is 2.44. The molecule has 19 heavy (non-hydrogen) atoms. The third-order valence-corrected chi connectivity index (χ3v) is 3.44. The molecule has 0 aliphatic rings. The Morgan fingerprint density at radius 3 is 1.89 bits per heavy atom. The van der Waals surface area contributed by atoms with Gasteiger partial charge in [0.15, 0.2) is 0 Å². The fourth-order valence-electron chi connectivity index (χ4n) is 2.25. The topological polar surface area (TPSA) is 35.2 Å². The van der Waals surface area contributed by atoms with E-state index < -0.39 is 0 Å². The van der Waals surface area contributed by atoms with Gasteiger partial charge in [-0.2, -0.15) is 0 Å². The molecule has 0 aliphatic heterocycles. The van der Waals surface area contributed by atoms with Gasteiger partial charge in [-0.25, -0.2) is 0 Å². The smallest absolute Gasteiger partial charge is 0.119 e. The van der Waals surface area contributed by atoms with E-state index in [2.05, 4.69) is 13.8 Å². The van der Waals surface area contributed by atoms with Crippen LogP contribution in [0.4, 0.5) is 5.69 Å². The van der Waals surface area contributed by atoms with Crippen LogP contribution in [0.1, 0.15) is 65.2 Å². The highest BCUT2D eigenvalue weighted by Crippen LogP contribution is 2.20. The van der Waals surface area contributed by atoms with Gasteiger partial charge in [0.05, 0.1) is 6.10 Å². The molecule has 108 valence electrons. The van der Waals surface area contributed by atoms with Gasteiger partial charge in [-0.1, -0.05) is 39.5 Å². The van der Waals surface area contributed by atoms with Gasteiger partial charge in [-0.15, -0.1) is 0 Å². The van der Waals surface area contributed by atoms with E-state index in [1.54, 1.807) is 0 Å². The van der Waals surface area contributed by atoms with Crippen LogP contribution in [0.15, 0.2) is 24.3 Å². The Hall–Kier alpha value is -1.18. The minimum Gasteiger partial charge on any atom is -0.490 e. The Kier molecular flexibility index (Phi) is 8.11. The third-order valence-electron chi connectivity index (χ3n) is 3.44. The minimum absolute atomic E-state index is 0.363. The Morgan fingerprint density at radius 1 is 0.895 bits per heavy atom. The van der Waals surface area contributed by atoms with Gasteiger partial charge in [0.25, 0.3) is 0 Å². The molecule has 0 aromatic heterocycles. The van der Waals surface area contributed by atoms with Crippen molar-refractivity contribution in [2.75, 3.05) is 5.73 Å². The molecular weight excluding hydrogens is 234 g/mol. The summed E-state index contributed by atoms with van der Waals surface area (Å²) in [5, 5.41) is 0. The molecule has 2 nitrogen and oxygen atoms in total. The van der Waals surface area contributed by atoms with E-state index >= 15 is 0 Å². The van der Waals surface area contributed by atoms with Crippen molar-refractivity contribution >= 4 is 5.69 Å². The van der Waals surface area contributed by atoms with Crippen LogP contribution in [0.5, 0.6) is 5.75 Å². The average molecular weight is 263 g/mol. The molecule has 2 N–H and O–H groups in total. The second-order valence-corrected chi connectivity index (χ2v) is 5.30. The van der Waals surface area contributed by atoms with Crippen LogP contribution < -0.4 is 10.5 Å². The molecule has 0 unspecified atom stereocenters. The standard InChI is InChI=1S/C17H29NO/c1-3-5-7-9-16(10-8-6-4-2)19-17-13-11-15(18)12-14-17/h11-14,16H,3-10,18H2,1-2H3. The number of unbranched alkanes of at least 4 members (excludes halogenated alkanes) is 4. The van der Waals surface area contributed by atoms with E-state index in [0.717, 1.165) is 11.4 Å². The number of rotatable bonds is 10. The molecule has 1 aromatic carbocycles. The van der Waals surface area contributed by atoms with Gasteiger partial charge < -0.3 is 10.5 Å². The van der Waals surface area contributed by atoms with Gasteiger partial charge >= 0.3 is 0 Å². The van der Waals surface area contributed by atoms with Crippen LogP contribution in [0.25, 0.3) is 0 Å². The maximum Gasteiger partial charge on any atom is 0.119 e. The van der Waals surface area contributed by atoms with Gasteiger partial charge in [0.1, 0.15) is 5.75 Å². The zero-order valence-corrected chi connectivity index (χ0v) is 12.5. The molecular formula is C17H29NO. The van der Waals surface area contributed by atoms with E-state index in [0.29, 0.717) is 6.10 Å². The minimum atomic E-state index is 0.363. The Labute approximate surface area is 118 Å². The predicted octanol–water partition coefficient (Wildman–Crippen LogP) is 5.18. The van der Waals surface area contributed by atoms with Crippen molar-refractivity contribution in [1.29, 1.82) is 0 Å². The molecule has 1 aromatic rings. The van der Waals surface area contributed by atoms with Crippen molar-refractivity contribution in [3.63, 3.8) is 0 Å². The highest BCUT2D eigenvalue weighted by molar-refractivity contribution is 5.41. The summed E-state index contributed by atoms with van der Waals surface area (Å²) in [6, 6.07) is 7.76. The number of nitrogen functional groups attached to an aromatic ring is 1. The second-order valence-electron chi connectivity index (χ2n) is 5.30. The van der Waals surface area contributed by atoms with Crippen molar-refractivity contribution < 1.29 is 4.74 Å². The molecule has 0 saturated carbocycles. The zero-order valence-electron chi connectivity index (χ0n) is 12.5. The van der Waals surface area contributed by atoms with E-state index in [4.69, 9.17) is 10.5 Å². The SMILES string of the molecule is CCCCCC(CCCCC)Oc1ccc(N)cc1. The first-order valence-electron chi connectivity index (χ1n) is 7.78. The summed E-state index contributed by atoms with van der Waals surface area (Å²) in [5.41, 5.74) is 6.49. The maximum absolute atomic E-state index is 6.11. The number of benzene rings is 1. The molecule has 0 radical (unpaired) electrons. The molecule has 0 heterocycles. The van der Waals surface area contributed by atoms with Crippen molar-refractivity contribution in [3.05, 3.63) is 24.3 Å². The highest BCUT2D eigenvalue weighted by Gasteiger charge is 2.10. The predicted molar refractivity (Wildman–Crippen MR) is 83.6 cm³/mol. The van der Waals surface area contributed by atoms with Crippen LogP contribution in [0, 0.1) is 0 Å². The number of hydrogen-bond donors (Lipinski definition) is 1. The van der Waals surface area contributed by atoms with Crippen LogP contribution >= 0.6 is 0 Å². The highest BCUT2D eigenvalue weighted by atomic mass is 16.5. The number of nitrogens with two attached hydrogens (primary N) is 1. The van der Waals surface area contributed by atoms with Gasteiger partial charge in [-0.3, -0.25) is 0 Å². The van der Waals surface area contributed by atoms with E-state index in [-0.39, 0.29) is 0 Å². The molecule has 2 heteroatoms. The van der Waals surface area contributed by atoms with Crippen LogP contribution in [-0.4, -0.2) is 6.10 Å². The summed E-state index contributed by atoms with van der Waals surface area (Å²) in [6.07, 6.45) is 10.4. The lowest BCUT2D eigenvalue weighted by atomic mass is 10.0. The number of anilines is 1. The molecule has 0 bridgehead atoms. The first kappa shape index (κ1) is 15.9. The maximum atomic E-state index is 6.11. The van der Waals surface area contributed by atoms with E-state index in [1.165, 1.54) is 51.4 Å². The van der Waals surface area contributed by atoms with Gasteiger partial charge in [0.2, 0.25) is 0 Å². The van der Waals surface area contributed by atoms with Crippen LogP contribution in [-0.2, 0) is 0 Å². The van der Waals surface area contributed by atoms with Crippen molar-refractivity contribution in [1.82, 2.24) is 0 Å². The van der Waals surface area contributed by atoms with Gasteiger partial charge in [0, 0.05) is 5.69 Å². The number of ether oxygens (including phenoxy) is 1. The summed E-state index contributed by atoms with van der Waals surface area (Å²) in [4.78, 5) is 0. The average Bonchev–Trinajstić information content (AvgIpc) is 2.41. The summed E-state index contributed by atoms with van der Waals surface area (Å²) >= 11 is 0. The largest absolute Gasteiger partial charge is 0.490 e. The van der Waals surface area contributed by atoms with E-state index in [9.17, 15) is 0 Å². The quantitative estimate of drug-likeness (QED) is 0.466. The summed E-state index contributed by atoms with van der Waals surface area (Å²) in [6.45, 7) is 4.49. The molecule has 0 atom stereocenters. The van der Waals surface area contributed by atoms with Gasteiger partial charge in [-0.05, 0) is 49.9 Å².